The Morgan fingerprint density at radius 2 is 2.33 bits per heavy atom. The predicted octanol–water partition coefficient (Wildman–Crippen LogP) is 0.868. The van der Waals surface area contributed by atoms with E-state index in [1.807, 2.05) is 0 Å². The van der Waals surface area contributed by atoms with Gasteiger partial charge in [0.05, 0.1) is 7.11 Å². The first-order valence-corrected chi connectivity index (χ1v) is 3.53. The molecule has 0 amide bonds. The highest BCUT2D eigenvalue weighted by Gasteiger charge is 2.33. The van der Waals surface area contributed by atoms with Crippen molar-refractivity contribution in [2.45, 2.75) is 18.1 Å². The molecular formula is C6H10O2S. The van der Waals surface area contributed by atoms with Crippen LogP contribution in [0.3, 0.4) is 0 Å². The molecule has 1 saturated carbocycles. The second-order valence-electron chi connectivity index (χ2n) is 2.31. The number of hydrogen-bond acceptors (Lipinski definition) is 3. The van der Waals surface area contributed by atoms with E-state index in [1.165, 1.54) is 7.11 Å². The highest BCUT2D eigenvalue weighted by molar-refractivity contribution is 7.81. The van der Waals surface area contributed by atoms with Gasteiger partial charge in [-0.25, -0.2) is 0 Å². The Morgan fingerprint density at radius 3 is 2.67 bits per heavy atom. The molecule has 1 aliphatic carbocycles. The van der Waals surface area contributed by atoms with Crippen molar-refractivity contribution < 1.29 is 9.53 Å². The summed E-state index contributed by atoms with van der Waals surface area (Å²) in [6.07, 6.45) is 2.26. The minimum atomic E-state index is -0.194. The molecule has 1 rings (SSSR count). The summed E-state index contributed by atoms with van der Waals surface area (Å²) in [5, 5.41) is -0.171. The standard InChI is InChI=1S/C6H10O2S/c1-8-6(7)5(9)4-2-3-4/h4-5,9H,2-3H2,1H3. The molecule has 1 atom stereocenters. The summed E-state index contributed by atoms with van der Waals surface area (Å²) in [5.74, 6) is 0.293. The Balaban J connectivity index is 2.30. The maximum atomic E-state index is 10.7. The van der Waals surface area contributed by atoms with Gasteiger partial charge in [0, 0.05) is 0 Å². The molecule has 0 saturated heterocycles. The Kier molecular flexibility index (Phi) is 2.01. The highest BCUT2D eigenvalue weighted by Crippen LogP contribution is 2.35. The van der Waals surface area contributed by atoms with Crippen molar-refractivity contribution in [2.24, 2.45) is 5.92 Å². The van der Waals surface area contributed by atoms with E-state index in [0.29, 0.717) is 5.92 Å². The van der Waals surface area contributed by atoms with Gasteiger partial charge in [-0.3, -0.25) is 4.79 Å². The van der Waals surface area contributed by atoms with Crippen molar-refractivity contribution in [3.63, 3.8) is 0 Å². The summed E-state index contributed by atoms with van der Waals surface area (Å²) >= 11 is 4.09. The van der Waals surface area contributed by atoms with Crippen molar-refractivity contribution in [3.8, 4) is 0 Å². The Bertz CT molecular complexity index is 120. The molecule has 1 unspecified atom stereocenters. The fraction of sp³-hybridized carbons (Fsp3) is 0.833. The Hall–Kier alpha value is -0.180. The quantitative estimate of drug-likeness (QED) is 0.462. The van der Waals surface area contributed by atoms with E-state index in [2.05, 4.69) is 17.4 Å². The van der Waals surface area contributed by atoms with Gasteiger partial charge in [-0.05, 0) is 18.8 Å². The van der Waals surface area contributed by atoms with Crippen LogP contribution in [0.25, 0.3) is 0 Å². The van der Waals surface area contributed by atoms with E-state index >= 15 is 0 Å². The van der Waals surface area contributed by atoms with Gasteiger partial charge >= 0.3 is 5.97 Å². The number of carbonyl (C=O) groups excluding carboxylic acids is 1. The third-order valence-electron chi connectivity index (χ3n) is 1.51. The van der Waals surface area contributed by atoms with Crippen LogP contribution in [-0.2, 0) is 9.53 Å². The highest BCUT2D eigenvalue weighted by atomic mass is 32.1. The van der Waals surface area contributed by atoms with Gasteiger partial charge in [-0.15, -0.1) is 0 Å². The van der Waals surface area contributed by atoms with Crippen molar-refractivity contribution in [1.29, 1.82) is 0 Å². The number of carbonyl (C=O) groups is 1. The molecule has 0 heterocycles. The molecule has 0 aromatic rings. The van der Waals surface area contributed by atoms with E-state index in [4.69, 9.17) is 0 Å². The van der Waals surface area contributed by atoms with Crippen LogP contribution in [0.15, 0.2) is 0 Å². The van der Waals surface area contributed by atoms with E-state index in [9.17, 15) is 4.79 Å². The second-order valence-corrected chi connectivity index (χ2v) is 2.86. The molecule has 0 radical (unpaired) electrons. The van der Waals surface area contributed by atoms with Crippen LogP contribution >= 0.6 is 12.6 Å². The molecule has 1 fully saturated rings. The molecule has 0 aromatic carbocycles. The third kappa shape index (κ3) is 1.61. The lowest BCUT2D eigenvalue weighted by atomic mass is 10.3. The number of thiol groups is 1. The van der Waals surface area contributed by atoms with Crippen LogP contribution in [0.1, 0.15) is 12.8 Å². The summed E-state index contributed by atoms with van der Waals surface area (Å²) in [7, 11) is 1.40. The van der Waals surface area contributed by atoms with Crippen LogP contribution in [0.2, 0.25) is 0 Å². The zero-order valence-corrected chi connectivity index (χ0v) is 6.23. The van der Waals surface area contributed by atoms with Gasteiger partial charge in [0.15, 0.2) is 0 Å². The van der Waals surface area contributed by atoms with Gasteiger partial charge < -0.3 is 4.74 Å². The Morgan fingerprint density at radius 1 is 1.78 bits per heavy atom. The normalized spacial score (nSPS) is 21.1. The summed E-state index contributed by atoms with van der Waals surface area (Å²) in [6, 6.07) is 0. The maximum absolute atomic E-state index is 10.7. The molecule has 0 spiro atoms. The number of rotatable bonds is 2. The molecule has 0 aromatic heterocycles. The van der Waals surface area contributed by atoms with E-state index in [0.717, 1.165) is 12.8 Å². The smallest absolute Gasteiger partial charge is 0.318 e. The third-order valence-corrected chi connectivity index (χ3v) is 2.14. The predicted molar refractivity (Wildman–Crippen MR) is 37.5 cm³/mol. The minimum absolute atomic E-state index is 0.171. The average molecular weight is 146 g/mol. The van der Waals surface area contributed by atoms with E-state index in [1.54, 1.807) is 0 Å². The monoisotopic (exact) mass is 146 g/mol. The summed E-state index contributed by atoms with van der Waals surface area (Å²) < 4.78 is 4.50. The number of hydrogen-bond donors (Lipinski definition) is 1. The lowest BCUT2D eigenvalue weighted by Gasteiger charge is -2.03. The number of methoxy groups -OCH3 is 1. The Labute approximate surface area is 60.0 Å². The molecule has 9 heavy (non-hydrogen) atoms. The van der Waals surface area contributed by atoms with Crippen molar-refractivity contribution in [3.05, 3.63) is 0 Å². The lowest BCUT2D eigenvalue weighted by Crippen LogP contribution is -2.17. The van der Waals surface area contributed by atoms with Crippen LogP contribution in [0.5, 0.6) is 0 Å². The van der Waals surface area contributed by atoms with Gasteiger partial charge in [-0.2, -0.15) is 12.6 Å². The van der Waals surface area contributed by atoms with Crippen molar-refractivity contribution in [2.75, 3.05) is 7.11 Å². The van der Waals surface area contributed by atoms with E-state index < -0.39 is 0 Å². The van der Waals surface area contributed by atoms with Crippen LogP contribution in [-0.4, -0.2) is 18.3 Å². The first-order valence-electron chi connectivity index (χ1n) is 3.01. The number of ether oxygens (including phenoxy) is 1. The SMILES string of the molecule is COC(=O)C(S)C1CC1. The largest absolute Gasteiger partial charge is 0.468 e. The molecule has 0 bridgehead atoms. The van der Waals surface area contributed by atoms with Crippen molar-refractivity contribution in [1.82, 2.24) is 0 Å². The van der Waals surface area contributed by atoms with E-state index in [-0.39, 0.29) is 11.2 Å². The van der Waals surface area contributed by atoms with Crippen LogP contribution < -0.4 is 0 Å². The molecule has 1 aliphatic rings. The zero-order valence-electron chi connectivity index (χ0n) is 5.33. The molecule has 3 heteroatoms. The first-order chi connectivity index (χ1) is 4.25. The molecular weight excluding hydrogens is 136 g/mol. The molecule has 0 N–H and O–H groups in total. The fourth-order valence-electron chi connectivity index (χ4n) is 0.725. The molecule has 52 valence electrons. The fourth-order valence-corrected chi connectivity index (χ4v) is 1.13. The summed E-state index contributed by atoms with van der Waals surface area (Å²) in [5.41, 5.74) is 0. The first kappa shape index (κ1) is 6.93. The summed E-state index contributed by atoms with van der Waals surface area (Å²) in [6.45, 7) is 0. The molecule has 2 nitrogen and oxygen atoms in total. The summed E-state index contributed by atoms with van der Waals surface area (Å²) in [4.78, 5) is 10.7. The lowest BCUT2D eigenvalue weighted by molar-refractivity contribution is -0.140. The maximum Gasteiger partial charge on any atom is 0.318 e. The minimum Gasteiger partial charge on any atom is -0.468 e. The number of esters is 1. The molecule has 0 aliphatic heterocycles. The van der Waals surface area contributed by atoms with Crippen LogP contribution in [0, 0.1) is 5.92 Å². The van der Waals surface area contributed by atoms with Gasteiger partial charge in [0.25, 0.3) is 0 Å². The second kappa shape index (κ2) is 2.60. The van der Waals surface area contributed by atoms with Gasteiger partial charge in [0.2, 0.25) is 0 Å². The van der Waals surface area contributed by atoms with Gasteiger partial charge in [-0.1, -0.05) is 0 Å². The van der Waals surface area contributed by atoms with Crippen molar-refractivity contribution >= 4 is 18.6 Å². The van der Waals surface area contributed by atoms with Crippen LogP contribution in [0.4, 0.5) is 0 Å². The topological polar surface area (TPSA) is 26.3 Å². The zero-order chi connectivity index (χ0) is 6.85. The van der Waals surface area contributed by atoms with Gasteiger partial charge in [0.1, 0.15) is 5.25 Å². The average Bonchev–Trinajstić information content (AvgIpc) is 2.66.